The fourth-order valence-corrected chi connectivity index (χ4v) is 2.63. The summed E-state index contributed by atoms with van der Waals surface area (Å²) in [6.07, 6.45) is 5.72. The van der Waals surface area contributed by atoms with Crippen molar-refractivity contribution in [3.8, 4) is 0 Å². The molecule has 1 aliphatic heterocycles. The van der Waals surface area contributed by atoms with Crippen LogP contribution in [0, 0.1) is 0 Å². The van der Waals surface area contributed by atoms with Gasteiger partial charge in [-0.05, 0) is 36.5 Å². The van der Waals surface area contributed by atoms with Crippen molar-refractivity contribution < 1.29 is 14.3 Å². The normalized spacial score (nSPS) is 15.3. The van der Waals surface area contributed by atoms with Crippen LogP contribution in [0.15, 0.2) is 18.2 Å². The fraction of sp³-hybridized carbons (Fsp3) is 0.500. The number of ether oxygens (including phenoxy) is 1. The number of carbonyl (C=O) groups is 2. The van der Waals surface area contributed by atoms with Crippen LogP contribution >= 0.6 is 0 Å². The Morgan fingerprint density at radius 3 is 2.42 bits per heavy atom. The molecule has 0 fully saturated rings. The zero-order valence-electron chi connectivity index (χ0n) is 11.6. The summed E-state index contributed by atoms with van der Waals surface area (Å²) in [4.78, 5) is 23.0. The highest BCUT2D eigenvalue weighted by atomic mass is 16.6. The molecule has 1 heterocycles. The summed E-state index contributed by atoms with van der Waals surface area (Å²) in [7, 11) is 0. The summed E-state index contributed by atoms with van der Waals surface area (Å²) in [6.45, 7) is 4.35. The van der Waals surface area contributed by atoms with Crippen molar-refractivity contribution in [3.05, 3.63) is 34.9 Å². The van der Waals surface area contributed by atoms with Crippen LogP contribution in [0.3, 0.4) is 0 Å². The molecule has 19 heavy (non-hydrogen) atoms. The van der Waals surface area contributed by atoms with E-state index in [1.165, 1.54) is 12.8 Å². The summed E-state index contributed by atoms with van der Waals surface area (Å²) in [5, 5.41) is 0. The van der Waals surface area contributed by atoms with Gasteiger partial charge in [0.25, 0.3) is 0 Å². The van der Waals surface area contributed by atoms with Crippen LogP contribution in [-0.2, 0) is 4.74 Å². The van der Waals surface area contributed by atoms with Gasteiger partial charge in [-0.1, -0.05) is 39.2 Å². The Bertz CT molecular complexity index is 491. The molecule has 102 valence electrons. The lowest BCUT2D eigenvalue weighted by Gasteiger charge is -2.16. The second-order valence-electron chi connectivity index (χ2n) is 5.11. The van der Waals surface area contributed by atoms with E-state index in [0.29, 0.717) is 17.0 Å². The minimum atomic E-state index is -0.521. The second kappa shape index (κ2) is 6.00. The van der Waals surface area contributed by atoms with Crippen molar-refractivity contribution in [1.29, 1.82) is 0 Å². The molecule has 0 bridgehead atoms. The van der Waals surface area contributed by atoms with Crippen LogP contribution in [0.25, 0.3) is 0 Å². The van der Waals surface area contributed by atoms with E-state index >= 15 is 0 Å². The van der Waals surface area contributed by atoms with Crippen LogP contribution < -0.4 is 0 Å². The Hall–Kier alpha value is -1.64. The third-order valence-corrected chi connectivity index (χ3v) is 3.68. The predicted molar refractivity (Wildman–Crippen MR) is 73.4 cm³/mol. The number of fused-ring (bicyclic) bond motifs is 1. The lowest BCUT2D eigenvalue weighted by atomic mass is 9.88. The zero-order valence-corrected chi connectivity index (χ0v) is 11.6. The number of benzene rings is 1. The molecule has 1 unspecified atom stereocenters. The number of hydrogen-bond acceptors (Lipinski definition) is 3. The molecule has 3 heteroatoms. The molecular weight excluding hydrogens is 240 g/mol. The summed E-state index contributed by atoms with van der Waals surface area (Å²) in [5.74, 6) is -0.557. The topological polar surface area (TPSA) is 43.4 Å². The molecule has 0 aromatic heterocycles. The van der Waals surface area contributed by atoms with Gasteiger partial charge in [0, 0.05) is 0 Å². The van der Waals surface area contributed by atoms with E-state index in [9.17, 15) is 9.59 Å². The molecule has 0 N–H and O–H groups in total. The standard InChI is InChI=1S/C16H20O3/c1-3-5-7-11(6-4-2)12-8-9-13-14(10-12)16(18)19-15(13)17/h8-11H,3-7H2,1-2H3. The van der Waals surface area contributed by atoms with E-state index in [1.54, 1.807) is 6.07 Å². The van der Waals surface area contributed by atoms with Crippen molar-refractivity contribution in [2.75, 3.05) is 0 Å². The van der Waals surface area contributed by atoms with Gasteiger partial charge >= 0.3 is 11.9 Å². The number of hydrogen-bond donors (Lipinski definition) is 0. The molecule has 1 aromatic carbocycles. The van der Waals surface area contributed by atoms with Crippen molar-refractivity contribution in [1.82, 2.24) is 0 Å². The maximum Gasteiger partial charge on any atom is 0.346 e. The highest BCUT2D eigenvalue weighted by molar-refractivity contribution is 6.14. The van der Waals surface area contributed by atoms with Crippen LogP contribution in [-0.4, -0.2) is 11.9 Å². The highest BCUT2D eigenvalue weighted by Gasteiger charge is 2.30. The van der Waals surface area contributed by atoms with Crippen LogP contribution in [0.2, 0.25) is 0 Å². The maximum absolute atomic E-state index is 11.6. The molecule has 0 saturated carbocycles. The van der Waals surface area contributed by atoms with Gasteiger partial charge in [0.15, 0.2) is 0 Å². The molecule has 0 radical (unpaired) electrons. The maximum atomic E-state index is 11.6. The number of rotatable bonds is 6. The molecule has 0 aliphatic carbocycles. The van der Waals surface area contributed by atoms with Gasteiger partial charge in [0.2, 0.25) is 0 Å². The lowest BCUT2D eigenvalue weighted by molar-refractivity contribution is 0.0444. The Morgan fingerprint density at radius 1 is 1.00 bits per heavy atom. The first-order valence-electron chi connectivity index (χ1n) is 7.07. The second-order valence-corrected chi connectivity index (χ2v) is 5.11. The molecule has 0 amide bonds. The number of carbonyl (C=O) groups excluding carboxylic acids is 2. The minimum Gasteiger partial charge on any atom is -0.386 e. The third-order valence-electron chi connectivity index (χ3n) is 3.68. The van der Waals surface area contributed by atoms with Crippen molar-refractivity contribution in [2.24, 2.45) is 0 Å². The van der Waals surface area contributed by atoms with Gasteiger partial charge in [0.1, 0.15) is 0 Å². The average molecular weight is 260 g/mol. The first kappa shape index (κ1) is 13.8. The molecule has 1 aliphatic rings. The van der Waals surface area contributed by atoms with E-state index in [2.05, 4.69) is 18.6 Å². The average Bonchev–Trinajstić information content (AvgIpc) is 2.69. The molecule has 0 saturated heterocycles. The number of esters is 2. The largest absolute Gasteiger partial charge is 0.386 e. The van der Waals surface area contributed by atoms with Crippen LogP contribution in [0.5, 0.6) is 0 Å². The van der Waals surface area contributed by atoms with E-state index in [1.807, 2.05) is 12.1 Å². The third kappa shape index (κ3) is 2.86. The van der Waals surface area contributed by atoms with E-state index in [4.69, 9.17) is 0 Å². The molecule has 1 aromatic rings. The fourth-order valence-electron chi connectivity index (χ4n) is 2.63. The summed E-state index contributed by atoms with van der Waals surface area (Å²) >= 11 is 0. The predicted octanol–water partition coefficient (Wildman–Crippen LogP) is 4.07. The smallest absolute Gasteiger partial charge is 0.346 e. The first-order valence-corrected chi connectivity index (χ1v) is 7.07. The Balaban J connectivity index is 2.26. The summed E-state index contributed by atoms with van der Waals surface area (Å²) in [5.41, 5.74) is 1.99. The molecule has 1 atom stereocenters. The van der Waals surface area contributed by atoms with Crippen molar-refractivity contribution in [3.63, 3.8) is 0 Å². The SMILES string of the molecule is CCCCC(CCC)c1ccc2c(c1)C(=O)OC2=O. The van der Waals surface area contributed by atoms with Gasteiger partial charge in [-0.15, -0.1) is 0 Å². The Labute approximate surface area is 114 Å². The molecule has 2 rings (SSSR count). The molecule has 0 spiro atoms. The summed E-state index contributed by atoms with van der Waals surface area (Å²) in [6, 6.07) is 5.54. The molecular formula is C16H20O3. The Morgan fingerprint density at radius 2 is 1.74 bits per heavy atom. The van der Waals surface area contributed by atoms with Gasteiger partial charge in [-0.25, -0.2) is 9.59 Å². The van der Waals surface area contributed by atoms with E-state index in [0.717, 1.165) is 24.8 Å². The highest BCUT2D eigenvalue weighted by Crippen LogP contribution is 2.30. The van der Waals surface area contributed by atoms with Crippen molar-refractivity contribution in [2.45, 2.75) is 51.9 Å². The van der Waals surface area contributed by atoms with Crippen LogP contribution in [0.1, 0.15) is 78.1 Å². The minimum absolute atomic E-state index is 0.402. The number of cyclic esters (lactones) is 2. The number of unbranched alkanes of at least 4 members (excludes halogenated alkanes) is 1. The first-order chi connectivity index (χ1) is 9.17. The quantitative estimate of drug-likeness (QED) is 0.572. The van der Waals surface area contributed by atoms with Gasteiger partial charge < -0.3 is 4.74 Å². The zero-order chi connectivity index (χ0) is 13.8. The van der Waals surface area contributed by atoms with Crippen molar-refractivity contribution >= 4 is 11.9 Å². The summed E-state index contributed by atoms with van der Waals surface area (Å²) < 4.78 is 4.63. The van der Waals surface area contributed by atoms with Crippen LogP contribution in [0.4, 0.5) is 0 Å². The monoisotopic (exact) mass is 260 g/mol. The molecule has 3 nitrogen and oxygen atoms in total. The van der Waals surface area contributed by atoms with Gasteiger partial charge in [0.05, 0.1) is 11.1 Å². The Kier molecular flexibility index (Phi) is 4.35. The lowest BCUT2D eigenvalue weighted by Crippen LogP contribution is -2.02. The van der Waals surface area contributed by atoms with E-state index < -0.39 is 11.9 Å². The van der Waals surface area contributed by atoms with Gasteiger partial charge in [-0.3, -0.25) is 0 Å². The van der Waals surface area contributed by atoms with Gasteiger partial charge in [-0.2, -0.15) is 0 Å². The van der Waals surface area contributed by atoms with E-state index in [-0.39, 0.29) is 0 Å².